The zero-order valence-electron chi connectivity index (χ0n) is 13.2. The summed E-state index contributed by atoms with van der Waals surface area (Å²) in [5.41, 5.74) is 6.71. The fourth-order valence-corrected chi connectivity index (χ4v) is 3.00. The highest BCUT2D eigenvalue weighted by Crippen LogP contribution is 2.23. The lowest BCUT2D eigenvalue weighted by atomic mass is 9.86. The Balaban J connectivity index is 1.65. The molecule has 1 aliphatic rings. The monoisotopic (exact) mass is 354 g/mol. The quantitative estimate of drug-likeness (QED) is 0.495. The fraction of sp³-hybridized carbons (Fsp3) is 0.500. The van der Waals surface area contributed by atoms with Crippen molar-refractivity contribution in [3.8, 4) is 0 Å². The van der Waals surface area contributed by atoms with Crippen molar-refractivity contribution in [1.82, 2.24) is 21.5 Å². The van der Waals surface area contributed by atoms with E-state index in [9.17, 15) is 4.39 Å². The molecule has 0 spiro atoms. The van der Waals surface area contributed by atoms with Gasteiger partial charge in [-0.3, -0.25) is 10.9 Å². The molecule has 0 aliphatic heterocycles. The largest absolute Gasteiger partial charge is 0.358 e. The van der Waals surface area contributed by atoms with Gasteiger partial charge in [-0.05, 0) is 60.9 Å². The third-order valence-corrected chi connectivity index (χ3v) is 4.55. The van der Waals surface area contributed by atoms with E-state index in [-0.39, 0.29) is 5.82 Å². The SMILES string of the molecule is C[C@@H]1CCCC[C@H]1NC(=S)NNC(=S)NCc1ccc(F)cc1. The van der Waals surface area contributed by atoms with Gasteiger partial charge in [-0.1, -0.05) is 31.9 Å². The van der Waals surface area contributed by atoms with Crippen LogP contribution in [0.4, 0.5) is 4.39 Å². The molecule has 0 amide bonds. The predicted octanol–water partition coefficient (Wildman–Crippen LogP) is 2.75. The average Bonchev–Trinajstić information content (AvgIpc) is 2.54. The summed E-state index contributed by atoms with van der Waals surface area (Å²) in [6, 6.07) is 6.71. The number of rotatable bonds is 3. The summed E-state index contributed by atoms with van der Waals surface area (Å²) in [6.07, 6.45) is 4.94. The van der Waals surface area contributed by atoms with E-state index >= 15 is 0 Å². The second kappa shape index (κ2) is 8.98. The van der Waals surface area contributed by atoms with Crippen molar-refractivity contribution in [3.05, 3.63) is 35.6 Å². The Morgan fingerprint density at radius 3 is 2.43 bits per heavy atom. The van der Waals surface area contributed by atoms with Crippen molar-refractivity contribution >= 4 is 34.7 Å². The van der Waals surface area contributed by atoms with Gasteiger partial charge in [0, 0.05) is 12.6 Å². The molecule has 0 heterocycles. The first kappa shape index (κ1) is 17.9. The lowest BCUT2D eigenvalue weighted by Gasteiger charge is -2.30. The van der Waals surface area contributed by atoms with Gasteiger partial charge >= 0.3 is 0 Å². The number of thiocarbonyl (C=S) groups is 2. The number of benzene rings is 1. The van der Waals surface area contributed by atoms with Crippen LogP contribution in [0.1, 0.15) is 38.2 Å². The minimum atomic E-state index is -0.246. The molecule has 0 saturated heterocycles. The van der Waals surface area contributed by atoms with Gasteiger partial charge in [0.05, 0.1) is 0 Å². The molecule has 126 valence electrons. The number of nitrogens with one attached hydrogen (secondary N) is 4. The molecule has 2 atom stereocenters. The van der Waals surface area contributed by atoms with Crippen LogP contribution in [-0.4, -0.2) is 16.3 Å². The second-order valence-corrected chi connectivity index (χ2v) is 6.72. The van der Waals surface area contributed by atoms with Crippen LogP contribution >= 0.6 is 24.4 Å². The first-order valence-corrected chi connectivity index (χ1v) is 8.71. The van der Waals surface area contributed by atoms with Gasteiger partial charge in [0.15, 0.2) is 10.2 Å². The highest BCUT2D eigenvalue weighted by Gasteiger charge is 2.21. The molecule has 0 aromatic heterocycles. The van der Waals surface area contributed by atoms with Gasteiger partial charge in [0.25, 0.3) is 0 Å². The summed E-state index contributed by atoms with van der Waals surface area (Å²) < 4.78 is 12.8. The van der Waals surface area contributed by atoms with Gasteiger partial charge in [-0.25, -0.2) is 4.39 Å². The van der Waals surface area contributed by atoms with Gasteiger partial charge in [-0.2, -0.15) is 0 Å². The molecule has 4 nitrogen and oxygen atoms in total. The van der Waals surface area contributed by atoms with Crippen molar-refractivity contribution in [2.24, 2.45) is 5.92 Å². The highest BCUT2D eigenvalue weighted by molar-refractivity contribution is 7.80. The van der Waals surface area contributed by atoms with Crippen molar-refractivity contribution in [3.63, 3.8) is 0 Å². The molecule has 0 unspecified atom stereocenters. The van der Waals surface area contributed by atoms with E-state index in [1.807, 2.05) is 0 Å². The third kappa shape index (κ3) is 6.27. The van der Waals surface area contributed by atoms with Gasteiger partial charge in [-0.15, -0.1) is 0 Å². The maximum Gasteiger partial charge on any atom is 0.185 e. The smallest absolute Gasteiger partial charge is 0.185 e. The normalized spacial score (nSPS) is 20.4. The van der Waals surface area contributed by atoms with Crippen molar-refractivity contribution < 1.29 is 4.39 Å². The minimum absolute atomic E-state index is 0.246. The summed E-state index contributed by atoms with van der Waals surface area (Å²) in [4.78, 5) is 0. The van der Waals surface area contributed by atoms with E-state index in [0.29, 0.717) is 28.7 Å². The Morgan fingerprint density at radius 2 is 1.74 bits per heavy atom. The number of hydrazine groups is 1. The lowest BCUT2D eigenvalue weighted by molar-refractivity contribution is 0.308. The van der Waals surface area contributed by atoms with Crippen LogP contribution in [0.3, 0.4) is 0 Å². The minimum Gasteiger partial charge on any atom is -0.358 e. The Morgan fingerprint density at radius 1 is 1.09 bits per heavy atom. The van der Waals surface area contributed by atoms with Crippen LogP contribution in [0.5, 0.6) is 0 Å². The fourth-order valence-electron chi connectivity index (χ4n) is 2.68. The Labute approximate surface area is 147 Å². The summed E-state index contributed by atoms with van der Waals surface area (Å²) >= 11 is 10.5. The van der Waals surface area contributed by atoms with E-state index in [4.69, 9.17) is 24.4 Å². The van der Waals surface area contributed by atoms with Crippen LogP contribution in [0, 0.1) is 11.7 Å². The summed E-state index contributed by atoms with van der Waals surface area (Å²) in [5.74, 6) is 0.386. The Bertz CT molecular complexity index is 535. The molecule has 2 rings (SSSR count). The molecule has 0 radical (unpaired) electrons. The lowest BCUT2D eigenvalue weighted by Crippen LogP contribution is -2.53. The van der Waals surface area contributed by atoms with Gasteiger partial charge in [0.1, 0.15) is 5.82 Å². The molecule has 23 heavy (non-hydrogen) atoms. The molecule has 7 heteroatoms. The molecule has 0 bridgehead atoms. The van der Waals surface area contributed by atoms with Crippen LogP contribution in [0.2, 0.25) is 0 Å². The van der Waals surface area contributed by atoms with E-state index < -0.39 is 0 Å². The van der Waals surface area contributed by atoms with Gasteiger partial charge < -0.3 is 10.6 Å². The number of halogens is 1. The zero-order chi connectivity index (χ0) is 16.7. The maximum atomic E-state index is 12.8. The van der Waals surface area contributed by atoms with E-state index in [1.54, 1.807) is 12.1 Å². The molecule has 1 aliphatic carbocycles. The molecule has 4 N–H and O–H groups in total. The highest BCUT2D eigenvalue weighted by atomic mass is 32.1. The summed E-state index contributed by atoms with van der Waals surface area (Å²) in [7, 11) is 0. The Hall–Kier alpha value is -1.47. The van der Waals surface area contributed by atoms with Crippen LogP contribution in [0.15, 0.2) is 24.3 Å². The second-order valence-electron chi connectivity index (χ2n) is 5.90. The zero-order valence-corrected chi connectivity index (χ0v) is 14.8. The first-order valence-electron chi connectivity index (χ1n) is 7.89. The van der Waals surface area contributed by atoms with Crippen LogP contribution < -0.4 is 21.5 Å². The molecule has 1 fully saturated rings. The van der Waals surface area contributed by atoms with Crippen molar-refractivity contribution in [1.29, 1.82) is 0 Å². The van der Waals surface area contributed by atoms with Crippen molar-refractivity contribution in [2.75, 3.05) is 0 Å². The molecule has 1 aromatic carbocycles. The van der Waals surface area contributed by atoms with E-state index in [2.05, 4.69) is 28.4 Å². The number of hydrogen-bond acceptors (Lipinski definition) is 2. The van der Waals surface area contributed by atoms with E-state index in [0.717, 1.165) is 12.0 Å². The Kier molecular flexibility index (Phi) is 6.98. The van der Waals surface area contributed by atoms with Crippen molar-refractivity contribution in [2.45, 2.75) is 45.2 Å². The molecular weight excluding hydrogens is 331 g/mol. The summed E-state index contributed by atoms with van der Waals surface area (Å²) in [5, 5.41) is 7.36. The maximum absolute atomic E-state index is 12.8. The molecule has 1 aromatic rings. The first-order chi connectivity index (χ1) is 11.0. The predicted molar refractivity (Wildman–Crippen MR) is 99.3 cm³/mol. The molecule has 1 saturated carbocycles. The van der Waals surface area contributed by atoms with E-state index in [1.165, 1.54) is 31.4 Å². The third-order valence-electron chi connectivity index (χ3n) is 4.08. The molecular formula is C16H23FN4S2. The number of hydrogen-bond donors (Lipinski definition) is 4. The summed E-state index contributed by atoms with van der Waals surface area (Å²) in [6.45, 7) is 2.77. The van der Waals surface area contributed by atoms with Gasteiger partial charge in [0.2, 0.25) is 0 Å². The average molecular weight is 355 g/mol. The topological polar surface area (TPSA) is 48.1 Å². The van der Waals surface area contributed by atoms with Crippen LogP contribution in [0.25, 0.3) is 0 Å². The standard InChI is InChI=1S/C16H23FN4S2/c1-11-4-2-3-5-14(11)19-16(23)21-20-15(22)18-10-12-6-8-13(17)9-7-12/h6-9,11,14H,2-5,10H2,1H3,(H2,18,20,22)(H2,19,21,23)/t11-,14-/m1/s1. The van der Waals surface area contributed by atoms with Crippen LogP contribution in [-0.2, 0) is 6.54 Å².